The number of nitriles is 1. The van der Waals surface area contributed by atoms with Crippen LogP contribution in [0.25, 0.3) is 5.69 Å². The van der Waals surface area contributed by atoms with Crippen molar-refractivity contribution in [1.82, 2.24) is 15.0 Å². The van der Waals surface area contributed by atoms with E-state index >= 15 is 0 Å². The van der Waals surface area contributed by atoms with Gasteiger partial charge in [0, 0.05) is 0 Å². The van der Waals surface area contributed by atoms with E-state index in [1.807, 2.05) is 24.3 Å². The van der Waals surface area contributed by atoms with Gasteiger partial charge in [0.1, 0.15) is 6.07 Å². The highest BCUT2D eigenvalue weighted by molar-refractivity contribution is 5.44. The van der Waals surface area contributed by atoms with Crippen molar-refractivity contribution >= 4 is 0 Å². The average Bonchev–Trinajstić information content (AvgIpc) is 2.96. The summed E-state index contributed by atoms with van der Waals surface area (Å²) in [5, 5.41) is 17.6. The molecule has 0 aliphatic heterocycles. The van der Waals surface area contributed by atoms with Gasteiger partial charge >= 0.3 is 0 Å². The first kappa shape index (κ1) is 15.0. The zero-order chi connectivity index (χ0) is 16.2. The Kier molecular flexibility index (Phi) is 4.20. The lowest BCUT2D eigenvalue weighted by atomic mass is 10.1. The molecule has 114 valence electrons. The van der Waals surface area contributed by atoms with Crippen LogP contribution in [0, 0.1) is 25.2 Å². The Labute approximate surface area is 136 Å². The van der Waals surface area contributed by atoms with Gasteiger partial charge in [-0.2, -0.15) is 5.26 Å². The SMILES string of the molecule is Cc1ccc(-n2nnc(C#N)c2CCc2ccccc2)c(C)c1. The first-order valence-corrected chi connectivity index (χ1v) is 7.65. The number of aryl methyl sites for hydroxylation is 3. The first-order valence-electron chi connectivity index (χ1n) is 7.65. The van der Waals surface area contributed by atoms with Gasteiger partial charge < -0.3 is 0 Å². The van der Waals surface area contributed by atoms with Crippen LogP contribution >= 0.6 is 0 Å². The van der Waals surface area contributed by atoms with Crippen molar-refractivity contribution in [1.29, 1.82) is 5.26 Å². The molecule has 0 amide bonds. The standard InChI is InChI=1S/C19H18N4/c1-14-8-10-18(15(2)12-14)23-19(17(13-20)21-22-23)11-9-16-6-4-3-5-7-16/h3-8,10,12H,9,11H2,1-2H3. The summed E-state index contributed by atoms with van der Waals surface area (Å²) in [6.07, 6.45) is 1.58. The van der Waals surface area contributed by atoms with Crippen LogP contribution in [0.3, 0.4) is 0 Å². The van der Waals surface area contributed by atoms with E-state index in [1.165, 1.54) is 11.1 Å². The molecule has 1 aromatic heterocycles. The topological polar surface area (TPSA) is 54.5 Å². The van der Waals surface area contributed by atoms with Gasteiger partial charge in [-0.3, -0.25) is 0 Å². The summed E-state index contributed by atoms with van der Waals surface area (Å²) < 4.78 is 1.80. The van der Waals surface area contributed by atoms with Gasteiger partial charge in [0.2, 0.25) is 0 Å². The fourth-order valence-electron chi connectivity index (χ4n) is 2.76. The summed E-state index contributed by atoms with van der Waals surface area (Å²) in [6.45, 7) is 4.12. The van der Waals surface area contributed by atoms with Crippen molar-refractivity contribution in [3.8, 4) is 11.8 Å². The van der Waals surface area contributed by atoms with E-state index in [2.05, 4.69) is 54.5 Å². The van der Waals surface area contributed by atoms with Gasteiger partial charge in [0.15, 0.2) is 5.69 Å². The van der Waals surface area contributed by atoms with Crippen LogP contribution in [0.1, 0.15) is 28.1 Å². The summed E-state index contributed by atoms with van der Waals surface area (Å²) >= 11 is 0. The number of nitrogens with zero attached hydrogens (tertiary/aromatic N) is 4. The molecule has 0 bridgehead atoms. The predicted octanol–water partition coefficient (Wildman–Crippen LogP) is 3.54. The fourth-order valence-corrected chi connectivity index (χ4v) is 2.76. The Balaban J connectivity index is 1.96. The summed E-state index contributed by atoms with van der Waals surface area (Å²) in [6, 6.07) is 18.6. The maximum atomic E-state index is 9.32. The highest BCUT2D eigenvalue weighted by atomic mass is 15.4. The van der Waals surface area contributed by atoms with E-state index in [0.29, 0.717) is 5.69 Å². The van der Waals surface area contributed by atoms with E-state index in [1.54, 1.807) is 4.68 Å². The minimum Gasteiger partial charge on any atom is -0.216 e. The fraction of sp³-hybridized carbons (Fsp3) is 0.211. The Morgan fingerprint density at radius 3 is 2.52 bits per heavy atom. The molecule has 0 N–H and O–H groups in total. The molecule has 0 atom stereocenters. The highest BCUT2D eigenvalue weighted by Crippen LogP contribution is 2.19. The number of aromatic nitrogens is 3. The molecule has 0 saturated heterocycles. The van der Waals surface area contributed by atoms with Crippen LogP contribution in [0.15, 0.2) is 48.5 Å². The maximum absolute atomic E-state index is 9.32. The van der Waals surface area contributed by atoms with Gasteiger partial charge in [-0.05, 0) is 43.9 Å². The van der Waals surface area contributed by atoms with Crippen LogP contribution < -0.4 is 0 Å². The molecule has 0 fully saturated rings. The molecule has 0 saturated carbocycles. The van der Waals surface area contributed by atoms with Crippen molar-refractivity contribution in [2.24, 2.45) is 0 Å². The molecule has 0 spiro atoms. The largest absolute Gasteiger partial charge is 0.216 e. The molecule has 2 aromatic carbocycles. The second kappa shape index (κ2) is 6.45. The molecule has 0 aliphatic carbocycles. The molecule has 23 heavy (non-hydrogen) atoms. The number of hydrogen-bond donors (Lipinski definition) is 0. The highest BCUT2D eigenvalue weighted by Gasteiger charge is 2.15. The third kappa shape index (κ3) is 3.14. The minimum absolute atomic E-state index is 0.404. The quantitative estimate of drug-likeness (QED) is 0.740. The molecule has 0 aliphatic rings. The van der Waals surface area contributed by atoms with Crippen molar-refractivity contribution in [2.75, 3.05) is 0 Å². The molecule has 3 rings (SSSR count). The van der Waals surface area contributed by atoms with Crippen molar-refractivity contribution in [2.45, 2.75) is 26.7 Å². The van der Waals surface area contributed by atoms with E-state index in [0.717, 1.165) is 29.8 Å². The van der Waals surface area contributed by atoms with Crippen LogP contribution in [-0.4, -0.2) is 15.0 Å². The lowest BCUT2D eigenvalue weighted by Gasteiger charge is -2.10. The second-order valence-corrected chi connectivity index (χ2v) is 5.68. The maximum Gasteiger partial charge on any atom is 0.186 e. The van der Waals surface area contributed by atoms with Gasteiger partial charge in [0.05, 0.1) is 11.4 Å². The summed E-state index contributed by atoms with van der Waals surface area (Å²) in [7, 11) is 0. The van der Waals surface area contributed by atoms with Crippen LogP contribution in [0.4, 0.5) is 0 Å². The number of hydrogen-bond acceptors (Lipinski definition) is 3. The Hall–Kier alpha value is -2.93. The van der Waals surface area contributed by atoms with Crippen molar-refractivity contribution in [3.63, 3.8) is 0 Å². The first-order chi connectivity index (χ1) is 11.2. The molecule has 4 nitrogen and oxygen atoms in total. The van der Waals surface area contributed by atoms with Gasteiger partial charge in [-0.25, -0.2) is 4.68 Å². The number of benzene rings is 2. The molecule has 0 radical (unpaired) electrons. The van der Waals surface area contributed by atoms with E-state index in [9.17, 15) is 5.26 Å². The van der Waals surface area contributed by atoms with Crippen LogP contribution in [0.2, 0.25) is 0 Å². The van der Waals surface area contributed by atoms with Gasteiger partial charge in [0.25, 0.3) is 0 Å². The van der Waals surface area contributed by atoms with E-state index in [-0.39, 0.29) is 0 Å². The predicted molar refractivity (Wildman–Crippen MR) is 89.4 cm³/mol. The van der Waals surface area contributed by atoms with E-state index in [4.69, 9.17) is 0 Å². The second-order valence-electron chi connectivity index (χ2n) is 5.68. The third-order valence-electron chi connectivity index (χ3n) is 3.94. The molecule has 0 unspecified atom stereocenters. The zero-order valence-electron chi connectivity index (χ0n) is 13.3. The molecule has 4 heteroatoms. The molecular formula is C19H18N4. The molecule has 1 heterocycles. The van der Waals surface area contributed by atoms with Crippen LogP contribution in [-0.2, 0) is 12.8 Å². The summed E-state index contributed by atoms with van der Waals surface area (Å²) in [5.41, 5.74) is 5.82. The normalized spacial score (nSPS) is 10.5. The molecular weight excluding hydrogens is 284 g/mol. The van der Waals surface area contributed by atoms with Crippen LogP contribution in [0.5, 0.6) is 0 Å². The van der Waals surface area contributed by atoms with Gasteiger partial charge in [-0.1, -0.05) is 53.2 Å². The van der Waals surface area contributed by atoms with Crippen molar-refractivity contribution in [3.05, 3.63) is 76.6 Å². The smallest absolute Gasteiger partial charge is 0.186 e. The Morgan fingerprint density at radius 1 is 1.04 bits per heavy atom. The van der Waals surface area contributed by atoms with E-state index < -0.39 is 0 Å². The summed E-state index contributed by atoms with van der Waals surface area (Å²) in [5.74, 6) is 0. The Morgan fingerprint density at radius 2 is 1.83 bits per heavy atom. The average molecular weight is 302 g/mol. The Bertz CT molecular complexity index is 857. The molecule has 3 aromatic rings. The van der Waals surface area contributed by atoms with Crippen molar-refractivity contribution < 1.29 is 0 Å². The zero-order valence-corrected chi connectivity index (χ0v) is 13.3. The monoisotopic (exact) mass is 302 g/mol. The summed E-state index contributed by atoms with van der Waals surface area (Å²) in [4.78, 5) is 0. The lowest BCUT2D eigenvalue weighted by Crippen LogP contribution is -2.06. The van der Waals surface area contributed by atoms with Gasteiger partial charge in [-0.15, -0.1) is 5.10 Å². The minimum atomic E-state index is 0.404. The lowest BCUT2D eigenvalue weighted by molar-refractivity contribution is 0.748. The number of rotatable bonds is 4. The third-order valence-corrected chi connectivity index (χ3v) is 3.94.